The topological polar surface area (TPSA) is 64.9 Å². The molecule has 2 N–H and O–H groups in total. The van der Waals surface area contributed by atoms with Crippen molar-refractivity contribution in [3.63, 3.8) is 0 Å². The second-order valence-corrected chi connectivity index (χ2v) is 5.69. The molecule has 21 heavy (non-hydrogen) atoms. The fraction of sp³-hybridized carbons (Fsp3) is 0. The first-order chi connectivity index (χ1) is 10.2. The van der Waals surface area contributed by atoms with Gasteiger partial charge in [-0.1, -0.05) is 22.0 Å². The van der Waals surface area contributed by atoms with E-state index in [1.165, 1.54) is 0 Å². The van der Waals surface area contributed by atoms with Gasteiger partial charge in [0.1, 0.15) is 5.52 Å². The number of fused-ring (bicyclic) bond motifs is 2. The quantitative estimate of drug-likeness (QED) is 0.522. The molecule has 4 nitrogen and oxygen atoms in total. The molecule has 102 valence electrons. The third kappa shape index (κ3) is 2.06. The number of benzene rings is 2. The Bertz CT molecular complexity index is 978. The van der Waals surface area contributed by atoms with Gasteiger partial charge in [-0.05, 0) is 36.4 Å². The molecule has 2 aromatic heterocycles. The van der Waals surface area contributed by atoms with Crippen LogP contribution in [0.5, 0.6) is 0 Å². The van der Waals surface area contributed by atoms with Crippen LogP contribution in [0.4, 0.5) is 5.69 Å². The van der Waals surface area contributed by atoms with Crippen molar-refractivity contribution in [1.29, 1.82) is 0 Å². The van der Waals surface area contributed by atoms with Crippen LogP contribution in [0.3, 0.4) is 0 Å². The van der Waals surface area contributed by atoms with Gasteiger partial charge in [0.2, 0.25) is 5.89 Å². The standard InChI is InChI=1S/C16H10BrN3O/c17-11-7-12(18)15-14(8-11)20-16(21-15)10-3-4-13-9(6-10)2-1-5-19-13/h1-8H,18H2. The number of pyridine rings is 1. The van der Waals surface area contributed by atoms with Gasteiger partial charge < -0.3 is 10.2 Å². The number of rotatable bonds is 1. The van der Waals surface area contributed by atoms with E-state index in [2.05, 4.69) is 25.9 Å². The number of oxazole rings is 1. The van der Waals surface area contributed by atoms with Gasteiger partial charge in [-0.15, -0.1) is 0 Å². The molecular weight excluding hydrogens is 330 g/mol. The molecule has 0 aliphatic carbocycles. The SMILES string of the molecule is Nc1cc(Br)cc2nc(-c3ccc4ncccc4c3)oc12. The Kier molecular flexibility index (Phi) is 2.68. The molecule has 2 heterocycles. The molecule has 0 unspecified atom stereocenters. The summed E-state index contributed by atoms with van der Waals surface area (Å²) in [5, 5.41) is 1.05. The summed E-state index contributed by atoms with van der Waals surface area (Å²) in [6, 6.07) is 13.5. The summed E-state index contributed by atoms with van der Waals surface area (Å²) in [7, 11) is 0. The van der Waals surface area contributed by atoms with Crippen molar-refractivity contribution < 1.29 is 4.42 Å². The lowest BCUT2D eigenvalue weighted by Gasteiger charge is -1.99. The predicted octanol–water partition coefficient (Wildman–Crippen LogP) is 4.39. The van der Waals surface area contributed by atoms with E-state index in [-0.39, 0.29) is 0 Å². The number of hydrogen-bond acceptors (Lipinski definition) is 4. The highest BCUT2D eigenvalue weighted by Gasteiger charge is 2.12. The fourth-order valence-electron chi connectivity index (χ4n) is 2.36. The maximum absolute atomic E-state index is 5.97. The highest BCUT2D eigenvalue weighted by Crippen LogP contribution is 2.31. The van der Waals surface area contributed by atoms with Crippen LogP contribution < -0.4 is 5.73 Å². The lowest BCUT2D eigenvalue weighted by Crippen LogP contribution is -1.84. The molecule has 0 amide bonds. The molecule has 2 aromatic carbocycles. The average molecular weight is 340 g/mol. The van der Waals surface area contributed by atoms with Crippen molar-refractivity contribution in [2.45, 2.75) is 0 Å². The molecule has 0 spiro atoms. The van der Waals surface area contributed by atoms with E-state index in [1.807, 2.05) is 42.5 Å². The van der Waals surface area contributed by atoms with E-state index in [4.69, 9.17) is 10.2 Å². The van der Waals surface area contributed by atoms with Gasteiger partial charge in [0.05, 0.1) is 11.2 Å². The van der Waals surface area contributed by atoms with E-state index >= 15 is 0 Å². The number of hydrogen-bond donors (Lipinski definition) is 1. The van der Waals surface area contributed by atoms with Crippen molar-refractivity contribution in [1.82, 2.24) is 9.97 Å². The molecule has 0 aliphatic heterocycles. The third-order valence-corrected chi connectivity index (χ3v) is 3.79. The van der Waals surface area contributed by atoms with Crippen molar-refractivity contribution in [3.05, 3.63) is 53.1 Å². The van der Waals surface area contributed by atoms with Gasteiger partial charge in [-0.2, -0.15) is 0 Å². The summed E-state index contributed by atoms with van der Waals surface area (Å²) >= 11 is 3.41. The molecule has 0 atom stereocenters. The zero-order chi connectivity index (χ0) is 14.4. The summed E-state index contributed by atoms with van der Waals surface area (Å²) in [5.74, 6) is 0.556. The van der Waals surface area contributed by atoms with E-state index in [1.54, 1.807) is 6.20 Å². The Hall–Kier alpha value is -2.40. The second-order valence-electron chi connectivity index (χ2n) is 4.77. The van der Waals surface area contributed by atoms with Gasteiger partial charge in [0.15, 0.2) is 5.58 Å². The number of aromatic nitrogens is 2. The van der Waals surface area contributed by atoms with Gasteiger partial charge in [-0.3, -0.25) is 4.98 Å². The Balaban J connectivity index is 1.93. The van der Waals surface area contributed by atoms with Crippen LogP contribution in [-0.4, -0.2) is 9.97 Å². The number of anilines is 1. The van der Waals surface area contributed by atoms with E-state index in [0.29, 0.717) is 17.2 Å². The lowest BCUT2D eigenvalue weighted by atomic mass is 10.1. The summed E-state index contributed by atoms with van der Waals surface area (Å²) in [5.41, 5.74) is 9.73. The monoisotopic (exact) mass is 339 g/mol. The van der Waals surface area contributed by atoms with Crippen LogP contribution in [0.1, 0.15) is 0 Å². The largest absolute Gasteiger partial charge is 0.434 e. The Morgan fingerprint density at radius 3 is 2.86 bits per heavy atom. The van der Waals surface area contributed by atoms with Crippen molar-refractivity contribution >= 4 is 43.6 Å². The molecule has 4 rings (SSSR count). The summed E-state index contributed by atoms with van der Waals surface area (Å²) in [4.78, 5) is 8.82. The van der Waals surface area contributed by atoms with E-state index in [9.17, 15) is 0 Å². The minimum Gasteiger partial charge on any atom is -0.434 e. The molecule has 5 heteroatoms. The first-order valence-electron chi connectivity index (χ1n) is 6.41. The van der Waals surface area contributed by atoms with Crippen LogP contribution in [-0.2, 0) is 0 Å². The molecule has 0 saturated heterocycles. The summed E-state index contributed by atoms with van der Waals surface area (Å²) in [6.07, 6.45) is 1.78. The van der Waals surface area contributed by atoms with Crippen molar-refractivity contribution in [2.75, 3.05) is 5.73 Å². The molecule has 0 aliphatic rings. The van der Waals surface area contributed by atoms with Gasteiger partial charge in [0, 0.05) is 21.6 Å². The molecule has 4 aromatic rings. The normalized spacial score (nSPS) is 11.3. The second kappa shape index (κ2) is 4.56. The number of halogens is 1. The summed E-state index contributed by atoms with van der Waals surface area (Å²) in [6.45, 7) is 0. The van der Waals surface area contributed by atoms with Crippen LogP contribution in [0, 0.1) is 0 Å². The highest BCUT2D eigenvalue weighted by molar-refractivity contribution is 9.10. The van der Waals surface area contributed by atoms with Crippen LogP contribution >= 0.6 is 15.9 Å². The number of nitrogen functional groups attached to an aromatic ring is 1. The zero-order valence-corrected chi connectivity index (χ0v) is 12.5. The maximum atomic E-state index is 5.97. The maximum Gasteiger partial charge on any atom is 0.227 e. The first kappa shape index (κ1) is 12.3. The first-order valence-corrected chi connectivity index (χ1v) is 7.21. The number of nitrogens with two attached hydrogens (primary N) is 1. The molecule has 0 radical (unpaired) electrons. The van der Waals surface area contributed by atoms with E-state index < -0.39 is 0 Å². The lowest BCUT2D eigenvalue weighted by molar-refractivity contribution is 0.621. The molecule has 0 saturated carbocycles. The molecule has 0 bridgehead atoms. The highest BCUT2D eigenvalue weighted by atomic mass is 79.9. The minimum atomic E-state index is 0.556. The third-order valence-electron chi connectivity index (χ3n) is 3.33. The Morgan fingerprint density at radius 1 is 1.05 bits per heavy atom. The van der Waals surface area contributed by atoms with Crippen molar-refractivity contribution in [3.8, 4) is 11.5 Å². The zero-order valence-electron chi connectivity index (χ0n) is 10.9. The van der Waals surface area contributed by atoms with E-state index in [0.717, 1.165) is 26.5 Å². The molecular formula is C16H10BrN3O. The Morgan fingerprint density at radius 2 is 1.95 bits per heavy atom. The predicted molar refractivity (Wildman–Crippen MR) is 86.9 cm³/mol. The summed E-state index contributed by atoms with van der Waals surface area (Å²) < 4.78 is 6.70. The molecule has 0 fully saturated rings. The number of nitrogens with zero attached hydrogens (tertiary/aromatic N) is 2. The minimum absolute atomic E-state index is 0.556. The van der Waals surface area contributed by atoms with Crippen LogP contribution in [0.25, 0.3) is 33.5 Å². The average Bonchev–Trinajstić information content (AvgIpc) is 2.91. The van der Waals surface area contributed by atoms with Gasteiger partial charge >= 0.3 is 0 Å². The Labute approximate surface area is 128 Å². The van der Waals surface area contributed by atoms with Crippen LogP contribution in [0.2, 0.25) is 0 Å². The van der Waals surface area contributed by atoms with Crippen LogP contribution in [0.15, 0.2) is 57.6 Å². The van der Waals surface area contributed by atoms with Gasteiger partial charge in [-0.25, -0.2) is 4.98 Å². The van der Waals surface area contributed by atoms with Gasteiger partial charge in [0.25, 0.3) is 0 Å². The fourth-order valence-corrected chi connectivity index (χ4v) is 2.82. The smallest absolute Gasteiger partial charge is 0.227 e. The van der Waals surface area contributed by atoms with Crippen molar-refractivity contribution in [2.24, 2.45) is 0 Å².